The lowest BCUT2D eigenvalue weighted by Crippen LogP contribution is -2.12. The summed E-state index contributed by atoms with van der Waals surface area (Å²) >= 11 is 0. The minimum atomic E-state index is 0.207. The van der Waals surface area contributed by atoms with Crippen LogP contribution in [0.3, 0.4) is 0 Å². The standard InChI is InChI=1S/C16H24/c1-15(2,3)12-11-13-9-7-8-10-14(13)16(4,5)6/h7-12H,1-6H3/b12-11+. The summed E-state index contributed by atoms with van der Waals surface area (Å²) in [6.45, 7) is 13.5. The van der Waals surface area contributed by atoms with Crippen molar-refractivity contribution in [3.8, 4) is 0 Å². The highest BCUT2D eigenvalue weighted by Crippen LogP contribution is 2.27. The van der Waals surface area contributed by atoms with Crippen LogP contribution in [0.15, 0.2) is 30.3 Å². The second-order valence-electron chi connectivity index (χ2n) is 6.54. The maximum absolute atomic E-state index is 2.28. The van der Waals surface area contributed by atoms with Gasteiger partial charge >= 0.3 is 0 Å². The van der Waals surface area contributed by atoms with Crippen LogP contribution >= 0.6 is 0 Å². The Morgan fingerprint density at radius 2 is 1.44 bits per heavy atom. The van der Waals surface area contributed by atoms with Gasteiger partial charge in [-0.15, -0.1) is 0 Å². The van der Waals surface area contributed by atoms with Crippen LogP contribution < -0.4 is 0 Å². The molecule has 1 aromatic rings. The Bertz CT molecular complexity index is 370. The maximum atomic E-state index is 2.28. The van der Waals surface area contributed by atoms with Crippen molar-refractivity contribution in [2.75, 3.05) is 0 Å². The van der Waals surface area contributed by atoms with Gasteiger partial charge in [0, 0.05) is 0 Å². The van der Waals surface area contributed by atoms with E-state index in [9.17, 15) is 0 Å². The summed E-state index contributed by atoms with van der Waals surface area (Å²) in [6, 6.07) is 8.65. The number of benzene rings is 1. The average molecular weight is 216 g/mol. The Morgan fingerprint density at radius 1 is 0.875 bits per heavy atom. The van der Waals surface area contributed by atoms with E-state index in [-0.39, 0.29) is 10.8 Å². The van der Waals surface area contributed by atoms with Crippen LogP contribution in [0.5, 0.6) is 0 Å². The van der Waals surface area contributed by atoms with Crippen molar-refractivity contribution in [1.29, 1.82) is 0 Å². The molecule has 0 aliphatic carbocycles. The lowest BCUT2D eigenvalue weighted by Gasteiger charge is -2.22. The van der Waals surface area contributed by atoms with Gasteiger partial charge in [-0.2, -0.15) is 0 Å². The summed E-state index contributed by atoms with van der Waals surface area (Å²) in [5.74, 6) is 0. The highest BCUT2D eigenvalue weighted by molar-refractivity contribution is 5.56. The normalized spacial score (nSPS) is 13.4. The molecule has 1 rings (SSSR count). The van der Waals surface area contributed by atoms with Crippen LogP contribution in [-0.4, -0.2) is 0 Å². The fraction of sp³-hybridized carbons (Fsp3) is 0.500. The maximum Gasteiger partial charge on any atom is -0.0126 e. The molecule has 0 aromatic heterocycles. The molecule has 0 bridgehead atoms. The van der Waals surface area contributed by atoms with E-state index in [4.69, 9.17) is 0 Å². The number of hydrogen-bond donors (Lipinski definition) is 0. The van der Waals surface area contributed by atoms with Gasteiger partial charge in [-0.1, -0.05) is 78.0 Å². The molecular formula is C16H24. The topological polar surface area (TPSA) is 0 Å². The molecule has 0 radical (unpaired) electrons. The second kappa shape index (κ2) is 4.45. The summed E-state index contributed by atoms with van der Waals surface area (Å²) < 4.78 is 0. The SMILES string of the molecule is CC(C)(C)/C=C/c1ccccc1C(C)(C)C. The third-order valence-electron chi connectivity index (χ3n) is 2.53. The molecule has 0 atom stereocenters. The minimum absolute atomic E-state index is 0.207. The Labute approximate surface area is 100 Å². The molecule has 0 unspecified atom stereocenters. The molecule has 0 aliphatic heterocycles. The second-order valence-corrected chi connectivity index (χ2v) is 6.54. The summed E-state index contributed by atoms with van der Waals surface area (Å²) in [6.07, 6.45) is 4.53. The van der Waals surface area contributed by atoms with Crippen molar-refractivity contribution >= 4 is 6.08 Å². The van der Waals surface area contributed by atoms with E-state index in [0.29, 0.717) is 0 Å². The molecule has 0 nitrogen and oxygen atoms in total. The van der Waals surface area contributed by atoms with Gasteiger partial charge < -0.3 is 0 Å². The van der Waals surface area contributed by atoms with Gasteiger partial charge in [0.2, 0.25) is 0 Å². The quantitative estimate of drug-likeness (QED) is 0.616. The highest BCUT2D eigenvalue weighted by atomic mass is 14.2. The van der Waals surface area contributed by atoms with Crippen molar-refractivity contribution in [2.24, 2.45) is 5.41 Å². The molecule has 16 heavy (non-hydrogen) atoms. The van der Waals surface area contributed by atoms with Crippen LogP contribution in [0.4, 0.5) is 0 Å². The Kier molecular flexibility index (Phi) is 3.62. The third kappa shape index (κ3) is 3.84. The fourth-order valence-corrected chi connectivity index (χ4v) is 1.67. The molecule has 0 N–H and O–H groups in total. The average Bonchev–Trinajstić information content (AvgIpc) is 2.12. The van der Waals surface area contributed by atoms with Crippen LogP contribution in [0.1, 0.15) is 52.7 Å². The van der Waals surface area contributed by atoms with Gasteiger partial charge in [-0.3, -0.25) is 0 Å². The Morgan fingerprint density at radius 3 is 1.94 bits per heavy atom. The van der Waals surface area contributed by atoms with E-state index in [1.165, 1.54) is 11.1 Å². The predicted molar refractivity (Wildman–Crippen MR) is 73.6 cm³/mol. The molecular weight excluding hydrogens is 192 g/mol. The first kappa shape index (κ1) is 13.0. The van der Waals surface area contributed by atoms with E-state index < -0.39 is 0 Å². The van der Waals surface area contributed by atoms with E-state index in [2.05, 4.69) is 78.0 Å². The van der Waals surface area contributed by atoms with Gasteiger partial charge in [-0.25, -0.2) is 0 Å². The van der Waals surface area contributed by atoms with Crippen molar-refractivity contribution in [3.63, 3.8) is 0 Å². The van der Waals surface area contributed by atoms with E-state index in [1.807, 2.05) is 0 Å². The Balaban J connectivity index is 3.11. The minimum Gasteiger partial charge on any atom is -0.0785 e. The van der Waals surface area contributed by atoms with Crippen LogP contribution in [-0.2, 0) is 5.41 Å². The zero-order valence-corrected chi connectivity index (χ0v) is 11.5. The number of hydrogen-bond acceptors (Lipinski definition) is 0. The summed E-state index contributed by atoms with van der Waals surface area (Å²) in [4.78, 5) is 0. The van der Waals surface area contributed by atoms with Crippen molar-refractivity contribution in [3.05, 3.63) is 41.5 Å². The zero-order chi connectivity index (χ0) is 12.4. The molecule has 0 fully saturated rings. The molecule has 0 heteroatoms. The van der Waals surface area contributed by atoms with Gasteiger partial charge in [0.1, 0.15) is 0 Å². The molecule has 0 spiro atoms. The summed E-state index contributed by atoms with van der Waals surface area (Å²) in [5, 5.41) is 0. The third-order valence-corrected chi connectivity index (χ3v) is 2.53. The summed E-state index contributed by atoms with van der Waals surface area (Å²) in [5.41, 5.74) is 3.20. The molecule has 1 aromatic carbocycles. The van der Waals surface area contributed by atoms with Gasteiger partial charge in [0.15, 0.2) is 0 Å². The molecule has 0 saturated heterocycles. The van der Waals surface area contributed by atoms with E-state index in [0.717, 1.165) is 0 Å². The molecule has 0 heterocycles. The zero-order valence-electron chi connectivity index (χ0n) is 11.5. The van der Waals surface area contributed by atoms with E-state index in [1.54, 1.807) is 0 Å². The fourth-order valence-electron chi connectivity index (χ4n) is 1.67. The molecule has 0 aliphatic rings. The van der Waals surface area contributed by atoms with Crippen LogP contribution in [0, 0.1) is 5.41 Å². The van der Waals surface area contributed by atoms with Crippen LogP contribution in [0.25, 0.3) is 6.08 Å². The van der Waals surface area contributed by atoms with Crippen molar-refractivity contribution in [1.82, 2.24) is 0 Å². The van der Waals surface area contributed by atoms with Gasteiger partial charge in [-0.05, 0) is 22.0 Å². The Hall–Kier alpha value is -1.04. The lowest BCUT2D eigenvalue weighted by atomic mass is 9.83. The van der Waals surface area contributed by atoms with E-state index >= 15 is 0 Å². The van der Waals surface area contributed by atoms with Crippen molar-refractivity contribution < 1.29 is 0 Å². The first-order chi connectivity index (χ1) is 7.20. The molecule has 88 valence electrons. The number of rotatable bonds is 1. The van der Waals surface area contributed by atoms with Gasteiger partial charge in [0.25, 0.3) is 0 Å². The largest absolute Gasteiger partial charge is 0.0785 e. The molecule has 0 saturated carbocycles. The first-order valence-corrected chi connectivity index (χ1v) is 5.99. The predicted octanol–water partition coefficient (Wildman–Crippen LogP) is 5.04. The van der Waals surface area contributed by atoms with Crippen LogP contribution in [0.2, 0.25) is 0 Å². The summed E-state index contributed by atoms with van der Waals surface area (Å²) in [7, 11) is 0. The first-order valence-electron chi connectivity index (χ1n) is 5.99. The van der Waals surface area contributed by atoms with Gasteiger partial charge in [0.05, 0.1) is 0 Å². The molecule has 0 amide bonds. The highest BCUT2D eigenvalue weighted by Gasteiger charge is 2.16. The monoisotopic (exact) mass is 216 g/mol. The lowest BCUT2D eigenvalue weighted by molar-refractivity contribution is 0.546. The number of allylic oxidation sites excluding steroid dienone is 1. The van der Waals surface area contributed by atoms with Crippen molar-refractivity contribution in [2.45, 2.75) is 47.0 Å². The smallest absolute Gasteiger partial charge is 0.0126 e.